The SMILES string of the molecule is CCOC(=O)[C@]1(C#N)[C@H](c2ccc(F)cc2)[C@H](C(=O)c2ccccc2)N2c3ccccc3C=C[C@@H]21. The summed E-state index contributed by atoms with van der Waals surface area (Å²) in [6.07, 6.45) is 3.68. The van der Waals surface area contributed by atoms with Crippen LogP contribution >= 0.6 is 0 Å². The lowest BCUT2D eigenvalue weighted by molar-refractivity contribution is -0.152. The first kappa shape index (κ1) is 22.5. The Morgan fingerprint density at radius 3 is 2.40 bits per heavy atom. The first-order valence-corrected chi connectivity index (χ1v) is 11.5. The van der Waals surface area contributed by atoms with Crippen molar-refractivity contribution in [3.05, 3.63) is 107 Å². The van der Waals surface area contributed by atoms with Gasteiger partial charge in [0.05, 0.1) is 18.7 Å². The molecule has 0 amide bonds. The molecule has 2 aliphatic rings. The zero-order chi connectivity index (χ0) is 24.6. The number of nitriles is 1. The van der Waals surface area contributed by atoms with E-state index in [1.54, 1.807) is 49.4 Å². The molecule has 6 heteroatoms. The Bertz CT molecular complexity index is 1350. The van der Waals surface area contributed by atoms with Crippen molar-refractivity contribution in [1.29, 1.82) is 5.26 Å². The van der Waals surface area contributed by atoms with Gasteiger partial charge in [0.2, 0.25) is 0 Å². The number of benzene rings is 3. The van der Waals surface area contributed by atoms with E-state index >= 15 is 0 Å². The topological polar surface area (TPSA) is 70.4 Å². The number of rotatable bonds is 5. The molecule has 0 unspecified atom stereocenters. The fraction of sp³-hybridized carbons (Fsp3) is 0.207. The molecule has 0 N–H and O–H groups in total. The van der Waals surface area contributed by atoms with Crippen LogP contribution in [0.1, 0.15) is 34.3 Å². The van der Waals surface area contributed by atoms with E-state index in [-0.39, 0.29) is 12.4 Å². The summed E-state index contributed by atoms with van der Waals surface area (Å²) in [4.78, 5) is 29.6. The predicted molar refractivity (Wildman–Crippen MR) is 130 cm³/mol. The fourth-order valence-corrected chi connectivity index (χ4v) is 5.43. The molecule has 0 aliphatic carbocycles. The number of nitrogens with zero attached hydrogens (tertiary/aromatic N) is 2. The van der Waals surface area contributed by atoms with Crippen molar-refractivity contribution >= 4 is 23.5 Å². The number of para-hydroxylation sites is 1. The molecule has 5 nitrogen and oxygen atoms in total. The van der Waals surface area contributed by atoms with E-state index in [0.717, 1.165) is 11.3 Å². The second-order valence-corrected chi connectivity index (χ2v) is 8.68. The van der Waals surface area contributed by atoms with Crippen LogP contribution in [0, 0.1) is 22.6 Å². The Morgan fingerprint density at radius 2 is 1.71 bits per heavy atom. The highest BCUT2D eigenvalue weighted by atomic mass is 19.1. The van der Waals surface area contributed by atoms with Crippen LogP contribution in [0.15, 0.2) is 84.9 Å². The van der Waals surface area contributed by atoms with Crippen LogP contribution in [0.3, 0.4) is 0 Å². The van der Waals surface area contributed by atoms with Crippen molar-refractivity contribution in [3.63, 3.8) is 0 Å². The third-order valence-corrected chi connectivity index (χ3v) is 6.90. The van der Waals surface area contributed by atoms with Gasteiger partial charge in [0.25, 0.3) is 0 Å². The van der Waals surface area contributed by atoms with Gasteiger partial charge in [0, 0.05) is 17.2 Å². The van der Waals surface area contributed by atoms with E-state index in [9.17, 15) is 19.2 Å². The van der Waals surface area contributed by atoms with Crippen molar-refractivity contribution in [2.45, 2.75) is 24.9 Å². The summed E-state index contributed by atoms with van der Waals surface area (Å²) in [5, 5.41) is 10.7. The lowest BCUT2D eigenvalue weighted by Crippen LogP contribution is -2.47. The number of Topliss-reactive ketones (excluding diaryl/α,β-unsaturated/α-hetero) is 1. The molecule has 3 aromatic carbocycles. The maximum Gasteiger partial charge on any atom is 0.329 e. The number of hydrogen-bond donors (Lipinski definition) is 0. The number of halogens is 1. The average molecular weight is 467 g/mol. The van der Waals surface area contributed by atoms with E-state index < -0.39 is 35.2 Å². The summed E-state index contributed by atoms with van der Waals surface area (Å²) in [7, 11) is 0. The van der Waals surface area contributed by atoms with Crippen molar-refractivity contribution in [2.24, 2.45) is 5.41 Å². The van der Waals surface area contributed by atoms with Crippen LogP contribution in [0.4, 0.5) is 10.1 Å². The standard InChI is InChI=1S/C29H23FN2O3/c1-2-35-28(34)29(18-31)24-17-14-19-8-6-7-11-23(19)32(24)26(27(33)21-9-4-3-5-10-21)25(29)20-12-15-22(30)16-13-20/h3-17,24-26H,2H2,1H3/t24-,25-,26-,29+/m1/s1. The monoisotopic (exact) mass is 466 g/mol. The van der Waals surface area contributed by atoms with Crippen LogP contribution in [0.5, 0.6) is 0 Å². The smallest absolute Gasteiger partial charge is 0.329 e. The second-order valence-electron chi connectivity index (χ2n) is 8.68. The third kappa shape index (κ3) is 3.43. The van der Waals surface area contributed by atoms with Gasteiger partial charge in [0.1, 0.15) is 11.9 Å². The first-order chi connectivity index (χ1) is 17.0. The zero-order valence-corrected chi connectivity index (χ0v) is 19.1. The van der Waals surface area contributed by atoms with Crippen LogP contribution in [-0.2, 0) is 9.53 Å². The zero-order valence-electron chi connectivity index (χ0n) is 19.1. The normalized spacial score (nSPS) is 24.3. The molecule has 0 bridgehead atoms. The van der Waals surface area contributed by atoms with Gasteiger partial charge >= 0.3 is 5.97 Å². The van der Waals surface area contributed by atoms with Crippen LogP contribution in [-0.4, -0.2) is 30.4 Å². The van der Waals surface area contributed by atoms with Gasteiger partial charge in [-0.3, -0.25) is 9.59 Å². The molecule has 174 valence electrons. The van der Waals surface area contributed by atoms with Gasteiger partial charge in [-0.15, -0.1) is 0 Å². The van der Waals surface area contributed by atoms with Crippen molar-refractivity contribution in [2.75, 3.05) is 11.5 Å². The molecular weight excluding hydrogens is 443 g/mol. The second kappa shape index (κ2) is 8.84. The minimum Gasteiger partial charge on any atom is -0.465 e. The number of esters is 1. The first-order valence-electron chi connectivity index (χ1n) is 11.5. The summed E-state index contributed by atoms with van der Waals surface area (Å²) in [6.45, 7) is 1.77. The van der Waals surface area contributed by atoms with Crippen LogP contribution in [0.25, 0.3) is 6.08 Å². The van der Waals surface area contributed by atoms with Gasteiger partial charge in [-0.05, 0) is 36.2 Å². The van der Waals surface area contributed by atoms with Crippen LogP contribution < -0.4 is 4.90 Å². The molecule has 0 aromatic heterocycles. The molecule has 1 fully saturated rings. The van der Waals surface area contributed by atoms with Gasteiger partial charge in [-0.25, -0.2) is 4.39 Å². The lowest BCUT2D eigenvalue weighted by atomic mass is 9.68. The van der Waals surface area contributed by atoms with E-state index in [2.05, 4.69) is 6.07 Å². The number of ketones is 1. The Labute approximate surface area is 203 Å². The molecule has 1 saturated heterocycles. The van der Waals surface area contributed by atoms with E-state index in [4.69, 9.17) is 4.74 Å². The van der Waals surface area contributed by atoms with E-state index in [1.807, 2.05) is 41.3 Å². The molecule has 3 aromatic rings. The van der Waals surface area contributed by atoms with E-state index in [0.29, 0.717) is 11.1 Å². The van der Waals surface area contributed by atoms with Crippen molar-refractivity contribution in [1.82, 2.24) is 0 Å². The maximum absolute atomic E-state index is 14.1. The van der Waals surface area contributed by atoms with Crippen molar-refractivity contribution in [3.8, 4) is 6.07 Å². The minimum absolute atomic E-state index is 0.0860. The van der Waals surface area contributed by atoms with Crippen molar-refractivity contribution < 1.29 is 18.7 Å². The number of carbonyl (C=O) groups is 2. The number of fused-ring (bicyclic) bond motifs is 3. The third-order valence-electron chi connectivity index (χ3n) is 6.90. The van der Waals surface area contributed by atoms with E-state index in [1.165, 1.54) is 12.1 Å². The largest absolute Gasteiger partial charge is 0.465 e. The fourth-order valence-electron chi connectivity index (χ4n) is 5.43. The minimum atomic E-state index is -1.73. The Kier molecular flexibility index (Phi) is 5.70. The molecule has 0 spiro atoms. The molecule has 5 rings (SSSR count). The number of anilines is 1. The predicted octanol–water partition coefficient (Wildman–Crippen LogP) is 5.15. The van der Waals surface area contributed by atoms with Gasteiger partial charge < -0.3 is 9.64 Å². The molecule has 35 heavy (non-hydrogen) atoms. The molecule has 2 heterocycles. The summed E-state index contributed by atoms with van der Waals surface area (Å²) < 4.78 is 19.4. The van der Waals surface area contributed by atoms with Gasteiger partial charge in [-0.2, -0.15) is 5.26 Å². The summed E-state index contributed by atoms with van der Waals surface area (Å²) >= 11 is 0. The maximum atomic E-state index is 14.1. The molecule has 0 radical (unpaired) electrons. The number of ether oxygens (including phenoxy) is 1. The number of carbonyl (C=O) groups excluding carboxylic acids is 2. The highest BCUT2D eigenvalue weighted by Crippen LogP contribution is 2.56. The summed E-state index contributed by atoms with van der Waals surface area (Å²) in [5.74, 6) is -2.27. The Balaban J connectivity index is 1.81. The summed E-state index contributed by atoms with van der Waals surface area (Å²) in [6, 6.07) is 22.7. The van der Waals surface area contributed by atoms with Gasteiger partial charge in [-0.1, -0.05) is 72.8 Å². The highest BCUT2D eigenvalue weighted by Gasteiger charge is 2.67. The quantitative estimate of drug-likeness (QED) is 0.384. The average Bonchev–Trinajstić information content (AvgIpc) is 3.21. The van der Waals surface area contributed by atoms with Crippen LogP contribution in [0.2, 0.25) is 0 Å². The molecular formula is C29H23FN2O3. The summed E-state index contributed by atoms with van der Waals surface area (Å²) in [5.41, 5.74) is 0.893. The molecule has 0 saturated carbocycles. The lowest BCUT2D eigenvalue weighted by Gasteiger charge is -2.36. The Morgan fingerprint density at radius 1 is 1.03 bits per heavy atom. The Hall–Kier alpha value is -4.24. The molecule has 4 atom stereocenters. The number of hydrogen-bond acceptors (Lipinski definition) is 5. The van der Waals surface area contributed by atoms with Gasteiger partial charge in [0.15, 0.2) is 11.2 Å². The molecule has 2 aliphatic heterocycles. The highest BCUT2D eigenvalue weighted by molar-refractivity contribution is 6.06.